The first-order valence-corrected chi connectivity index (χ1v) is 2.59. The van der Waals surface area contributed by atoms with Gasteiger partial charge in [0.15, 0.2) is 0 Å². The summed E-state index contributed by atoms with van der Waals surface area (Å²) in [7, 11) is 0. The lowest BCUT2D eigenvalue weighted by molar-refractivity contribution is 0.0220. The third kappa shape index (κ3) is 2.80. The van der Waals surface area contributed by atoms with Crippen LogP contribution in [0.3, 0.4) is 0 Å². The average Bonchev–Trinajstić information content (AvgIpc) is 1.68. The SMILES string of the molecule is CCC(F)(F)CCl. The minimum atomic E-state index is -2.65. The molecule has 0 aliphatic heterocycles. The van der Waals surface area contributed by atoms with Crippen molar-refractivity contribution in [3.8, 4) is 0 Å². The Bertz CT molecular complexity index is 47.7. The van der Waals surface area contributed by atoms with Crippen LogP contribution in [0.15, 0.2) is 0 Å². The zero-order chi connectivity index (χ0) is 5.91. The Morgan fingerprint density at radius 3 is 2.00 bits per heavy atom. The van der Waals surface area contributed by atoms with Gasteiger partial charge in [-0.2, -0.15) is 0 Å². The summed E-state index contributed by atoms with van der Waals surface area (Å²) in [6.07, 6.45) is -0.170. The molecule has 7 heavy (non-hydrogen) atoms. The molecule has 3 heteroatoms. The summed E-state index contributed by atoms with van der Waals surface area (Å²) in [5.41, 5.74) is 0. The Morgan fingerprint density at radius 2 is 2.00 bits per heavy atom. The zero-order valence-corrected chi connectivity index (χ0v) is 4.80. The van der Waals surface area contributed by atoms with Crippen LogP contribution < -0.4 is 0 Å². The first-order valence-electron chi connectivity index (χ1n) is 2.06. The third-order valence-corrected chi connectivity index (χ3v) is 1.10. The molecular formula is C4H7ClF2. The predicted octanol–water partition coefficient (Wildman–Crippen LogP) is 2.27. The Morgan fingerprint density at radius 1 is 1.57 bits per heavy atom. The summed E-state index contributed by atoms with van der Waals surface area (Å²) < 4.78 is 23.5. The topological polar surface area (TPSA) is 0 Å². The molecule has 0 aromatic rings. The van der Waals surface area contributed by atoms with Crippen LogP contribution in [0, 0.1) is 0 Å². The fourth-order valence-electron chi connectivity index (χ4n) is 0.0945. The van der Waals surface area contributed by atoms with E-state index in [2.05, 4.69) is 0 Å². The second-order valence-electron chi connectivity index (χ2n) is 1.34. The monoisotopic (exact) mass is 128 g/mol. The first-order chi connectivity index (χ1) is 3.12. The highest BCUT2D eigenvalue weighted by atomic mass is 35.5. The second-order valence-corrected chi connectivity index (χ2v) is 1.61. The van der Waals surface area contributed by atoms with E-state index < -0.39 is 11.8 Å². The summed E-state index contributed by atoms with van der Waals surface area (Å²) in [5, 5.41) is 0. The number of hydrogen-bond donors (Lipinski definition) is 0. The van der Waals surface area contributed by atoms with E-state index in [1.54, 1.807) is 0 Å². The summed E-state index contributed by atoms with van der Waals surface area (Å²) >= 11 is 4.84. The summed E-state index contributed by atoms with van der Waals surface area (Å²) in [4.78, 5) is 0. The molecule has 0 saturated carbocycles. The lowest BCUT2D eigenvalue weighted by atomic mass is 10.3. The van der Waals surface area contributed by atoms with Crippen LogP contribution >= 0.6 is 11.6 Å². The maximum atomic E-state index is 11.8. The van der Waals surface area contributed by atoms with E-state index in [9.17, 15) is 8.78 Å². The van der Waals surface area contributed by atoms with E-state index in [0.29, 0.717) is 0 Å². The molecule has 0 fully saturated rings. The molecule has 0 aromatic heterocycles. The molecule has 0 heterocycles. The highest BCUT2D eigenvalue weighted by Crippen LogP contribution is 2.18. The van der Waals surface area contributed by atoms with Gasteiger partial charge in [-0.1, -0.05) is 6.92 Å². The molecule has 0 nitrogen and oxygen atoms in total. The van der Waals surface area contributed by atoms with Crippen LogP contribution in [0.25, 0.3) is 0 Å². The van der Waals surface area contributed by atoms with E-state index >= 15 is 0 Å². The smallest absolute Gasteiger partial charge is 0.206 e. The van der Waals surface area contributed by atoms with Crippen molar-refractivity contribution in [1.29, 1.82) is 0 Å². The van der Waals surface area contributed by atoms with Crippen molar-refractivity contribution in [2.24, 2.45) is 0 Å². The predicted molar refractivity (Wildman–Crippen MR) is 26.0 cm³/mol. The molecule has 44 valence electrons. The van der Waals surface area contributed by atoms with Gasteiger partial charge < -0.3 is 0 Å². The highest BCUT2D eigenvalue weighted by Gasteiger charge is 2.23. The van der Waals surface area contributed by atoms with Crippen LogP contribution in [-0.4, -0.2) is 11.8 Å². The largest absolute Gasteiger partial charge is 0.261 e. The van der Waals surface area contributed by atoms with Gasteiger partial charge in [0, 0.05) is 6.42 Å². The molecule has 0 spiro atoms. The van der Waals surface area contributed by atoms with Gasteiger partial charge in [-0.05, 0) is 0 Å². The van der Waals surface area contributed by atoms with Gasteiger partial charge in [0.05, 0.1) is 5.88 Å². The van der Waals surface area contributed by atoms with Crippen molar-refractivity contribution in [2.45, 2.75) is 19.3 Å². The molecule has 0 aromatic carbocycles. The van der Waals surface area contributed by atoms with Crippen LogP contribution in [0.1, 0.15) is 13.3 Å². The Labute approximate surface area is 46.5 Å². The van der Waals surface area contributed by atoms with Crippen molar-refractivity contribution in [1.82, 2.24) is 0 Å². The molecule has 0 rings (SSSR count). The van der Waals surface area contributed by atoms with Gasteiger partial charge in [-0.15, -0.1) is 11.6 Å². The van der Waals surface area contributed by atoms with Crippen LogP contribution in [-0.2, 0) is 0 Å². The van der Waals surface area contributed by atoms with Gasteiger partial charge in [-0.25, -0.2) is 8.78 Å². The number of alkyl halides is 3. The molecule has 0 aliphatic carbocycles. The Kier molecular flexibility index (Phi) is 2.51. The van der Waals surface area contributed by atoms with Crippen molar-refractivity contribution >= 4 is 11.6 Å². The van der Waals surface area contributed by atoms with Crippen molar-refractivity contribution < 1.29 is 8.78 Å². The molecule has 0 unspecified atom stereocenters. The molecule has 0 bridgehead atoms. The molecule has 0 saturated heterocycles. The maximum absolute atomic E-state index is 11.8. The van der Waals surface area contributed by atoms with Gasteiger partial charge in [0.2, 0.25) is 0 Å². The zero-order valence-electron chi connectivity index (χ0n) is 4.05. The normalized spacial score (nSPS) is 12.0. The molecule has 0 aliphatic rings. The number of rotatable bonds is 2. The van der Waals surface area contributed by atoms with E-state index in [1.807, 2.05) is 0 Å². The van der Waals surface area contributed by atoms with Gasteiger partial charge in [-0.3, -0.25) is 0 Å². The average molecular weight is 129 g/mol. The quantitative estimate of drug-likeness (QED) is 0.501. The highest BCUT2D eigenvalue weighted by molar-refractivity contribution is 6.18. The molecule has 0 amide bonds. The van der Waals surface area contributed by atoms with Gasteiger partial charge in [0.1, 0.15) is 0 Å². The number of hydrogen-bond acceptors (Lipinski definition) is 0. The van der Waals surface area contributed by atoms with Crippen LogP contribution in [0.4, 0.5) is 8.78 Å². The molecule has 0 atom stereocenters. The van der Waals surface area contributed by atoms with Crippen molar-refractivity contribution in [3.05, 3.63) is 0 Å². The fraction of sp³-hybridized carbons (Fsp3) is 1.00. The van der Waals surface area contributed by atoms with E-state index in [4.69, 9.17) is 11.6 Å². The lowest BCUT2D eigenvalue weighted by Gasteiger charge is -2.06. The van der Waals surface area contributed by atoms with Crippen molar-refractivity contribution in [3.63, 3.8) is 0 Å². The Balaban J connectivity index is 3.36. The second kappa shape index (κ2) is 2.46. The summed E-state index contributed by atoms with van der Waals surface area (Å²) in [6.45, 7) is 1.41. The van der Waals surface area contributed by atoms with E-state index in [0.717, 1.165) is 0 Å². The maximum Gasteiger partial charge on any atom is 0.261 e. The fourth-order valence-corrected chi connectivity index (χ4v) is 0.283. The van der Waals surface area contributed by atoms with Crippen molar-refractivity contribution in [2.75, 3.05) is 5.88 Å². The minimum Gasteiger partial charge on any atom is -0.206 e. The van der Waals surface area contributed by atoms with Gasteiger partial charge in [0.25, 0.3) is 5.92 Å². The summed E-state index contributed by atoms with van der Waals surface area (Å²) in [5.74, 6) is -3.22. The van der Waals surface area contributed by atoms with E-state index in [1.165, 1.54) is 6.92 Å². The Hall–Kier alpha value is 0.150. The molecular weight excluding hydrogens is 121 g/mol. The third-order valence-electron chi connectivity index (χ3n) is 0.713. The van der Waals surface area contributed by atoms with Gasteiger partial charge >= 0.3 is 0 Å². The molecule has 0 radical (unpaired) electrons. The number of halogens is 3. The molecule has 0 N–H and O–H groups in total. The van der Waals surface area contributed by atoms with Crippen LogP contribution in [0.2, 0.25) is 0 Å². The summed E-state index contributed by atoms with van der Waals surface area (Å²) in [6, 6.07) is 0. The standard InChI is InChI=1S/C4H7ClF2/c1-2-4(6,7)3-5/h2-3H2,1H3. The first kappa shape index (κ1) is 7.15. The minimum absolute atomic E-state index is 0.170. The van der Waals surface area contributed by atoms with Crippen LogP contribution in [0.5, 0.6) is 0 Å². The van der Waals surface area contributed by atoms with E-state index in [-0.39, 0.29) is 6.42 Å². The lowest BCUT2D eigenvalue weighted by Crippen LogP contribution is -2.15.